The Labute approximate surface area is 113 Å². The molecule has 0 bridgehead atoms. The molecule has 1 amide bonds. The number of likely N-dealkylation sites (N-methyl/N-ethyl adjacent to an activating group) is 1. The predicted molar refractivity (Wildman–Crippen MR) is 72.7 cm³/mol. The molecule has 2 N–H and O–H groups in total. The standard InChI is InChI=1S/C14H20N2O3/c1-2-16-14(17)10-15-6-5-11-3-4-12-13(9-11)19-8-7-18-12/h3-4,9,15H,2,5-8,10H2,1H3,(H,16,17). The lowest BCUT2D eigenvalue weighted by Gasteiger charge is -2.18. The summed E-state index contributed by atoms with van der Waals surface area (Å²) < 4.78 is 11.0. The van der Waals surface area contributed by atoms with Gasteiger partial charge in [0, 0.05) is 6.54 Å². The van der Waals surface area contributed by atoms with Gasteiger partial charge >= 0.3 is 0 Å². The van der Waals surface area contributed by atoms with Crippen LogP contribution in [0.25, 0.3) is 0 Å². The van der Waals surface area contributed by atoms with Crippen molar-refractivity contribution in [3.8, 4) is 11.5 Å². The van der Waals surface area contributed by atoms with Crippen LogP contribution in [0.15, 0.2) is 18.2 Å². The largest absolute Gasteiger partial charge is 0.486 e. The van der Waals surface area contributed by atoms with Crippen LogP contribution in [0.4, 0.5) is 0 Å². The van der Waals surface area contributed by atoms with E-state index >= 15 is 0 Å². The van der Waals surface area contributed by atoms with Gasteiger partial charge in [-0.2, -0.15) is 0 Å². The first-order chi connectivity index (χ1) is 9.29. The summed E-state index contributed by atoms with van der Waals surface area (Å²) in [6.45, 7) is 4.91. The number of carbonyl (C=O) groups excluding carboxylic acids is 1. The molecular formula is C14H20N2O3. The quantitative estimate of drug-likeness (QED) is 0.744. The normalized spacial score (nSPS) is 13.1. The summed E-state index contributed by atoms with van der Waals surface area (Å²) in [4.78, 5) is 11.2. The summed E-state index contributed by atoms with van der Waals surface area (Å²) in [5, 5.41) is 5.86. The van der Waals surface area contributed by atoms with Crippen molar-refractivity contribution in [1.82, 2.24) is 10.6 Å². The zero-order chi connectivity index (χ0) is 13.5. The third-order valence-electron chi connectivity index (χ3n) is 2.86. The lowest BCUT2D eigenvalue weighted by Crippen LogP contribution is -2.34. The first kappa shape index (κ1) is 13.7. The molecule has 2 rings (SSSR count). The van der Waals surface area contributed by atoms with Crippen LogP contribution in [0.5, 0.6) is 11.5 Å². The van der Waals surface area contributed by atoms with Crippen molar-refractivity contribution in [2.75, 3.05) is 32.8 Å². The molecule has 1 aromatic carbocycles. The van der Waals surface area contributed by atoms with Crippen molar-refractivity contribution in [1.29, 1.82) is 0 Å². The minimum atomic E-state index is 0.0321. The van der Waals surface area contributed by atoms with Crippen molar-refractivity contribution in [3.63, 3.8) is 0 Å². The van der Waals surface area contributed by atoms with Gasteiger partial charge in [0.2, 0.25) is 5.91 Å². The molecule has 0 fully saturated rings. The number of hydrogen-bond donors (Lipinski definition) is 2. The summed E-state index contributed by atoms with van der Waals surface area (Å²) in [6.07, 6.45) is 0.857. The van der Waals surface area contributed by atoms with Crippen LogP contribution in [0.2, 0.25) is 0 Å². The van der Waals surface area contributed by atoms with Gasteiger partial charge in [0.05, 0.1) is 6.54 Å². The Morgan fingerprint density at radius 1 is 1.26 bits per heavy atom. The van der Waals surface area contributed by atoms with Gasteiger partial charge in [0.15, 0.2) is 11.5 Å². The molecule has 5 nitrogen and oxygen atoms in total. The van der Waals surface area contributed by atoms with E-state index in [2.05, 4.69) is 10.6 Å². The number of amides is 1. The molecule has 1 aliphatic rings. The van der Waals surface area contributed by atoms with Gasteiger partial charge in [0.25, 0.3) is 0 Å². The van der Waals surface area contributed by atoms with Crippen LogP contribution in [-0.2, 0) is 11.2 Å². The number of carbonyl (C=O) groups is 1. The molecule has 104 valence electrons. The fourth-order valence-corrected chi connectivity index (χ4v) is 1.94. The molecule has 0 radical (unpaired) electrons. The van der Waals surface area contributed by atoms with Crippen LogP contribution in [0.1, 0.15) is 12.5 Å². The summed E-state index contributed by atoms with van der Waals surface area (Å²) in [5.41, 5.74) is 1.17. The van der Waals surface area contributed by atoms with Crippen LogP contribution >= 0.6 is 0 Å². The summed E-state index contributed by atoms with van der Waals surface area (Å²) >= 11 is 0. The van der Waals surface area contributed by atoms with E-state index in [1.54, 1.807) is 0 Å². The maximum atomic E-state index is 11.2. The van der Waals surface area contributed by atoms with E-state index in [4.69, 9.17) is 9.47 Å². The highest BCUT2D eigenvalue weighted by molar-refractivity contribution is 5.77. The molecule has 1 aromatic rings. The number of hydrogen-bond acceptors (Lipinski definition) is 4. The maximum absolute atomic E-state index is 11.2. The molecule has 0 atom stereocenters. The second-order valence-electron chi connectivity index (χ2n) is 4.36. The van der Waals surface area contributed by atoms with Gasteiger partial charge in [0.1, 0.15) is 13.2 Å². The molecule has 0 spiro atoms. The first-order valence-electron chi connectivity index (χ1n) is 6.65. The Morgan fingerprint density at radius 3 is 2.84 bits per heavy atom. The van der Waals surface area contributed by atoms with Gasteiger partial charge in [-0.25, -0.2) is 0 Å². The van der Waals surface area contributed by atoms with Crippen molar-refractivity contribution >= 4 is 5.91 Å². The Bertz CT molecular complexity index is 435. The van der Waals surface area contributed by atoms with Gasteiger partial charge < -0.3 is 20.1 Å². The summed E-state index contributed by atoms with van der Waals surface area (Å²) in [7, 11) is 0. The molecule has 1 aliphatic heterocycles. The molecule has 1 heterocycles. The topological polar surface area (TPSA) is 59.6 Å². The lowest BCUT2D eigenvalue weighted by atomic mass is 10.1. The zero-order valence-corrected chi connectivity index (χ0v) is 11.2. The highest BCUT2D eigenvalue weighted by Crippen LogP contribution is 2.30. The summed E-state index contributed by atoms with van der Waals surface area (Å²) in [6, 6.07) is 5.97. The SMILES string of the molecule is CCNC(=O)CNCCc1ccc2c(c1)OCCO2. The third kappa shape index (κ3) is 4.13. The van der Waals surface area contributed by atoms with E-state index < -0.39 is 0 Å². The van der Waals surface area contributed by atoms with Crippen molar-refractivity contribution < 1.29 is 14.3 Å². The fraction of sp³-hybridized carbons (Fsp3) is 0.500. The third-order valence-corrected chi connectivity index (χ3v) is 2.86. The Hall–Kier alpha value is -1.75. The van der Waals surface area contributed by atoms with Crippen molar-refractivity contribution in [2.24, 2.45) is 0 Å². The van der Waals surface area contributed by atoms with E-state index in [1.165, 1.54) is 5.56 Å². The van der Waals surface area contributed by atoms with E-state index in [1.807, 2.05) is 25.1 Å². The number of benzene rings is 1. The predicted octanol–water partition coefficient (Wildman–Crippen LogP) is 0.726. The average Bonchev–Trinajstić information content (AvgIpc) is 2.44. The van der Waals surface area contributed by atoms with Crippen LogP contribution in [0, 0.1) is 0 Å². The van der Waals surface area contributed by atoms with Gasteiger partial charge in [-0.3, -0.25) is 4.79 Å². The number of ether oxygens (including phenoxy) is 2. The number of nitrogens with one attached hydrogen (secondary N) is 2. The Kier molecular flexibility index (Phi) is 5.03. The van der Waals surface area contributed by atoms with Crippen molar-refractivity contribution in [2.45, 2.75) is 13.3 Å². The maximum Gasteiger partial charge on any atom is 0.233 e. The van der Waals surface area contributed by atoms with Crippen LogP contribution < -0.4 is 20.1 Å². The molecule has 0 aromatic heterocycles. The number of rotatable bonds is 6. The smallest absolute Gasteiger partial charge is 0.233 e. The second kappa shape index (κ2) is 6.99. The van der Waals surface area contributed by atoms with Gasteiger partial charge in [-0.15, -0.1) is 0 Å². The highest BCUT2D eigenvalue weighted by Gasteiger charge is 2.11. The average molecular weight is 264 g/mol. The molecule has 0 saturated heterocycles. The van der Waals surface area contributed by atoms with Gasteiger partial charge in [-0.1, -0.05) is 6.07 Å². The molecular weight excluding hydrogens is 244 g/mol. The molecule has 0 saturated carbocycles. The van der Waals surface area contributed by atoms with E-state index in [0.717, 1.165) is 24.5 Å². The van der Waals surface area contributed by atoms with Gasteiger partial charge in [-0.05, 0) is 37.6 Å². The highest BCUT2D eigenvalue weighted by atomic mass is 16.6. The minimum Gasteiger partial charge on any atom is -0.486 e. The van der Waals surface area contributed by atoms with E-state index in [9.17, 15) is 4.79 Å². The van der Waals surface area contributed by atoms with E-state index in [-0.39, 0.29) is 5.91 Å². The zero-order valence-electron chi connectivity index (χ0n) is 11.2. The monoisotopic (exact) mass is 264 g/mol. The second-order valence-corrected chi connectivity index (χ2v) is 4.36. The molecule has 0 aliphatic carbocycles. The van der Waals surface area contributed by atoms with Crippen molar-refractivity contribution in [3.05, 3.63) is 23.8 Å². The minimum absolute atomic E-state index is 0.0321. The lowest BCUT2D eigenvalue weighted by molar-refractivity contribution is -0.120. The molecule has 5 heteroatoms. The first-order valence-corrected chi connectivity index (χ1v) is 6.65. The molecule has 19 heavy (non-hydrogen) atoms. The van der Waals surface area contributed by atoms with E-state index in [0.29, 0.717) is 26.3 Å². The summed E-state index contributed by atoms with van der Waals surface area (Å²) in [5.74, 6) is 1.66. The fourth-order valence-electron chi connectivity index (χ4n) is 1.94. The van der Waals surface area contributed by atoms with Crippen LogP contribution in [-0.4, -0.2) is 38.8 Å². The van der Waals surface area contributed by atoms with Crippen LogP contribution in [0.3, 0.4) is 0 Å². The Balaban J connectivity index is 1.75. The Morgan fingerprint density at radius 2 is 2.05 bits per heavy atom. The number of fused-ring (bicyclic) bond motifs is 1. The molecule has 0 unspecified atom stereocenters.